The number of anilines is 2. The van der Waals surface area contributed by atoms with Gasteiger partial charge in [-0.25, -0.2) is 8.78 Å². The quantitative estimate of drug-likeness (QED) is 0.929. The van der Waals surface area contributed by atoms with E-state index in [9.17, 15) is 13.6 Å². The first-order valence-electron chi connectivity index (χ1n) is 8.23. The predicted octanol–water partition coefficient (Wildman–Crippen LogP) is 2.80. The summed E-state index contributed by atoms with van der Waals surface area (Å²) in [5, 5.41) is 2.76. The number of rotatable bonds is 3. The molecule has 2 aliphatic rings. The van der Waals surface area contributed by atoms with Gasteiger partial charge in [0, 0.05) is 39.1 Å². The van der Waals surface area contributed by atoms with Crippen LogP contribution >= 0.6 is 0 Å². The summed E-state index contributed by atoms with van der Waals surface area (Å²) < 4.78 is 27.0. The van der Waals surface area contributed by atoms with E-state index in [0.29, 0.717) is 24.7 Å². The highest BCUT2D eigenvalue weighted by Gasteiger charge is 2.31. The zero-order valence-electron chi connectivity index (χ0n) is 13.4. The zero-order chi connectivity index (χ0) is 16.4. The number of amides is 1. The minimum atomic E-state index is -0.692. The third kappa shape index (κ3) is 3.80. The molecule has 4 nitrogen and oxygen atoms in total. The van der Waals surface area contributed by atoms with Crippen LogP contribution in [0, 0.1) is 5.82 Å². The molecule has 2 fully saturated rings. The summed E-state index contributed by atoms with van der Waals surface area (Å²) in [7, 11) is 0. The first kappa shape index (κ1) is 16.2. The summed E-state index contributed by atoms with van der Waals surface area (Å²) in [5.41, 5.74) is 1.37. The van der Waals surface area contributed by atoms with Crippen LogP contribution in [0.15, 0.2) is 18.2 Å². The van der Waals surface area contributed by atoms with E-state index in [1.165, 1.54) is 19.1 Å². The summed E-state index contributed by atoms with van der Waals surface area (Å²) in [5.74, 6) is -0.477. The molecule has 1 atom stereocenters. The van der Waals surface area contributed by atoms with Crippen molar-refractivity contribution in [1.82, 2.24) is 4.90 Å². The minimum Gasteiger partial charge on any atom is -0.370 e. The van der Waals surface area contributed by atoms with Gasteiger partial charge in [0.15, 0.2) is 0 Å². The number of alkyl halides is 1. The van der Waals surface area contributed by atoms with Crippen LogP contribution < -0.4 is 10.2 Å². The lowest BCUT2D eigenvalue weighted by molar-refractivity contribution is -0.114. The van der Waals surface area contributed by atoms with Gasteiger partial charge in [0.05, 0.1) is 11.4 Å². The van der Waals surface area contributed by atoms with Crippen LogP contribution in [0.25, 0.3) is 0 Å². The van der Waals surface area contributed by atoms with E-state index in [1.54, 1.807) is 6.07 Å². The number of likely N-dealkylation sites (tertiary alicyclic amines) is 1. The Morgan fingerprint density at radius 3 is 2.57 bits per heavy atom. The molecule has 3 rings (SSSR count). The van der Waals surface area contributed by atoms with E-state index in [1.807, 2.05) is 0 Å². The van der Waals surface area contributed by atoms with Crippen molar-refractivity contribution in [3.8, 4) is 0 Å². The van der Waals surface area contributed by atoms with E-state index in [4.69, 9.17) is 0 Å². The molecule has 6 heteroatoms. The van der Waals surface area contributed by atoms with Crippen LogP contribution in [0.4, 0.5) is 20.2 Å². The average molecular weight is 323 g/mol. The number of hydrogen-bond donors (Lipinski definition) is 1. The molecule has 23 heavy (non-hydrogen) atoms. The second-order valence-corrected chi connectivity index (χ2v) is 6.44. The maximum absolute atomic E-state index is 13.6. The second kappa shape index (κ2) is 6.83. The number of carbonyl (C=O) groups excluding carboxylic acids is 1. The van der Waals surface area contributed by atoms with Crippen LogP contribution in [0.5, 0.6) is 0 Å². The Hall–Kier alpha value is -1.69. The highest BCUT2D eigenvalue weighted by Crippen LogP contribution is 2.31. The maximum Gasteiger partial charge on any atom is 0.221 e. The van der Waals surface area contributed by atoms with Crippen molar-refractivity contribution in [2.45, 2.75) is 38.4 Å². The van der Waals surface area contributed by atoms with Crippen molar-refractivity contribution < 1.29 is 13.6 Å². The number of halogens is 2. The van der Waals surface area contributed by atoms with E-state index < -0.39 is 6.17 Å². The normalized spacial score (nSPS) is 23.3. The molecule has 0 spiro atoms. The number of benzene rings is 1. The fourth-order valence-corrected chi connectivity index (χ4v) is 3.61. The smallest absolute Gasteiger partial charge is 0.221 e. The fraction of sp³-hybridized carbons (Fsp3) is 0.588. The molecule has 2 saturated heterocycles. The molecule has 2 heterocycles. The number of nitrogens with one attached hydrogen (secondary N) is 1. The minimum absolute atomic E-state index is 0.168. The molecular formula is C17H23F2N3O. The molecule has 2 aliphatic heterocycles. The van der Waals surface area contributed by atoms with E-state index in [-0.39, 0.29) is 11.7 Å². The van der Waals surface area contributed by atoms with Crippen LogP contribution in [-0.2, 0) is 4.79 Å². The third-order valence-corrected chi connectivity index (χ3v) is 4.75. The number of hydrogen-bond acceptors (Lipinski definition) is 3. The second-order valence-electron chi connectivity index (χ2n) is 6.44. The van der Waals surface area contributed by atoms with Crippen molar-refractivity contribution in [1.29, 1.82) is 0 Å². The molecule has 1 aromatic carbocycles. The van der Waals surface area contributed by atoms with Gasteiger partial charge in [-0.05, 0) is 37.5 Å². The summed E-state index contributed by atoms with van der Waals surface area (Å²) in [4.78, 5) is 15.7. The maximum atomic E-state index is 13.6. The Morgan fingerprint density at radius 1 is 1.22 bits per heavy atom. The lowest BCUT2D eigenvalue weighted by atomic mass is 10.0. The van der Waals surface area contributed by atoms with Crippen LogP contribution in [-0.4, -0.2) is 49.2 Å². The number of carbonyl (C=O) groups is 1. The molecule has 1 N–H and O–H groups in total. The Balaban J connectivity index is 1.67. The van der Waals surface area contributed by atoms with Crippen molar-refractivity contribution >= 4 is 17.3 Å². The summed E-state index contributed by atoms with van der Waals surface area (Å²) in [6.45, 7) is 4.40. The lowest BCUT2D eigenvalue weighted by Gasteiger charge is -2.38. The van der Waals surface area contributed by atoms with Gasteiger partial charge in [-0.2, -0.15) is 0 Å². The fourth-order valence-electron chi connectivity index (χ4n) is 3.61. The standard InChI is InChI=1S/C17H23F2N3O/c1-12(23)20-16-3-2-13(18)10-17(16)21-8-5-15(6-9-21)22-7-4-14(19)11-22/h2-3,10,14-15H,4-9,11H2,1H3,(H,20,23). The molecule has 126 valence electrons. The molecule has 0 saturated carbocycles. The van der Waals surface area contributed by atoms with Crippen molar-refractivity contribution in [3.05, 3.63) is 24.0 Å². The Bertz CT molecular complexity index is 573. The topological polar surface area (TPSA) is 35.6 Å². The Labute approximate surface area is 135 Å². The van der Waals surface area contributed by atoms with Crippen LogP contribution in [0.1, 0.15) is 26.2 Å². The van der Waals surface area contributed by atoms with Gasteiger partial charge in [-0.1, -0.05) is 0 Å². The van der Waals surface area contributed by atoms with Crippen LogP contribution in [0.3, 0.4) is 0 Å². The first-order valence-corrected chi connectivity index (χ1v) is 8.23. The Kier molecular flexibility index (Phi) is 4.80. The van der Waals surface area contributed by atoms with Gasteiger partial charge in [-0.3, -0.25) is 9.69 Å². The zero-order valence-corrected chi connectivity index (χ0v) is 13.4. The molecule has 1 aromatic rings. The van der Waals surface area contributed by atoms with E-state index in [2.05, 4.69) is 15.1 Å². The lowest BCUT2D eigenvalue weighted by Crippen LogP contribution is -2.44. The summed E-state index contributed by atoms with van der Waals surface area (Å²) in [6, 6.07) is 4.84. The van der Waals surface area contributed by atoms with Gasteiger partial charge in [-0.15, -0.1) is 0 Å². The number of nitrogens with zero attached hydrogens (tertiary/aromatic N) is 2. The molecule has 0 aliphatic carbocycles. The highest BCUT2D eigenvalue weighted by atomic mass is 19.1. The van der Waals surface area contributed by atoms with Crippen molar-refractivity contribution in [3.63, 3.8) is 0 Å². The third-order valence-electron chi connectivity index (χ3n) is 4.75. The largest absolute Gasteiger partial charge is 0.370 e. The van der Waals surface area contributed by atoms with Gasteiger partial charge in [0.1, 0.15) is 12.0 Å². The van der Waals surface area contributed by atoms with Crippen molar-refractivity contribution in [2.24, 2.45) is 0 Å². The molecule has 0 bridgehead atoms. The van der Waals surface area contributed by atoms with Gasteiger partial charge in [0.25, 0.3) is 0 Å². The molecule has 0 radical (unpaired) electrons. The predicted molar refractivity (Wildman–Crippen MR) is 87.0 cm³/mol. The van der Waals surface area contributed by atoms with E-state index >= 15 is 0 Å². The van der Waals surface area contributed by atoms with Crippen molar-refractivity contribution in [2.75, 3.05) is 36.4 Å². The monoisotopic (exact) mass is 323 g/mol. The van der Waals surface area contributed by atoms with Gasteiger partial charge >= 0.3 is 0 Å². The average Bonchev–Trinajstić information content (AvgIpc) is 2.95. The van der Waals surface area contributed by atoms with Gasteiger partial charge in [0.2, 0.25) is 5.91 Å². The molecule has 0 aromatic heterocycles. The van der Waals surface area contributed by atoms with E-state index in [0.717, 1.165) is 38.2 Å². The number of piperidine rings is 1. The summed E-state index contributed by atoms with van der Waals surface area (Å²) in [6.07, 6.45) is 1.81. The molecular weight excluding hydrogens is 300 g/mol. The molecule has 1 amide bonds. The van der Waals surface area contributed by atoms with Gasteiger partial charge < -0.3 is 10.2 Å². The SMILES string of the molecule is CC(=O)Nc1ccc(F)cc1N1CCC(N2CCC(F)C2)CC1. The first-order chi connectivity index (χ1) is 11.0. The molecule has 1 unspecified atom stereocenters. The highest BCUT2D eigenvalue weighted by molar-refractivity contribution is 5.92. The summed E-state index contributed by atoms with van der Waals surface area (Å²) >= 11 is 0. The Morgan fingerprint density at radius 2 is 1.96 bits per heavy atom. The van der Waals surface area contributed by atoms with Crippen LogP contribution in [0.2, 0.25) is 0 Å².